The average Bonchev–Trinajstić information content (AvgIpc) is 2.68. The van der Waals surface area contributed by atoms with Crippen molar-refractivity contribution < 1.29 is 4.42 Å². The summed E-state index contributed by atoms with van der Waals surface area (Å²) in [4.78, 5) is 2.17. The molecule has 1 unspecified atom stereocenters. The minimum absolute atomic E-state index is 0.466. The van der Waals surface area contributed by atoms with Crippen LogP contribution in [0.3, 0.4) is 0 Å². The molecule has 1 atom stereocenters. The van der Waals surface area contributed by atoms with E-state index in [2.05, 4.69) is 22.0 Å². The first-order chi connectivity index (χ1) is 7.31. The van der Waals surface area contributed by atoms with Gasteiger partial charge in [0.1, 0.15) is 0 Å². The molecule has 0 bridgehead atoms. The van der Waals surface area contributed by atoms with Crippen molar-refractivity contribution in [2.24, 2.45) is 0 Å². The van der Waals surface area contributed by atoms with Crippen molar-refractivity contribution in [3.05, 3.63) is 5.89 Å². The molecule has 6 heteroatoms. The smallest absolute Gasteiger partial charge is 0.318 e. The lowest BCUT2D eigenvalue weighted by Gasteiger charge is -2.31. The van der Waals surface area contributed by atoms with E-state index >= 15 is 0 Å². The molecular formula is C9H14ClN3OS. The zero-order chi connectivity index (χ0) is 10.7. The Bertz CT molecular complexity index is 320. The van der Waals surface area contributed by atoms with Gasteiger partial charge in [-0.3, -0.25) is 0 Å². The van der Waals surface area contributed by atoms with E-state index in [1.807, 2.05) is 11.8 Å². The van der Waals surface area contributed by atoms with Crippen LogP contribution in [0.1, 0.15) is 12.8 Å². The number of halogens is 1. The summed E-state index contributed by atoms with van der Waals surface area (Å²) >= 11 is 7.58. The molecule has 0 N–H and O–H groups in total. The van der Waals surface area contributed by atoms with Crippen LogP contribution in [0.2, 0.25) is 0 Å². The Balaban J connectivity index is 2.06. The summed E-state index contributed by atoms with van der Waals surface area (Å²) in [6, 6.07) is 1.11. The molecule has 2 heterocycles. The van der Waals surface area contributed by atoms with E-state index in [-0.39, 0.29) is 0 Å². The molecule has 84 valence electrons. The molecule has 2 rings (SSSR count). The van der Waals surface area contributed by atoms with Gasteiger partial charge in [0.15, 0.2) is 0 Å². The lowest BCUT2D eigenvalue weighted by Crippen LogP contribution is -2.40. The molecular weight excluding hydrogens is 234 g/mol. The van der Waals surface area contributed by atoms with Crippen LogP contribution in [0.4, 0.5) is 6.01 Å². The average molecular weight is 248 g/mol. The van der Waals surface area contributed by atoms with Gasteiger partial charge < -0.3 is 9.32 Å². The predicted molar refractivity (Wildman–Crippen MR) is 62.9 cm³/mol. The first-order valence-corrected chi connectivity index (χ1v) is 6.73. The number of thioether (sulfide) groups is 1. The molecule has 4 nitrogen and oxygen atoms in total. The van der Waals surface area contributed by atoms with Crippen LogP contribution in [0, 0.1) is 0 Å². The van der Waals surface area contributed by atoms with Gasteiger partial charge in [0, 0.05) is 36.4 Å². The van der Waals surface area contributed by atoms with Crippen LogP contribution in [0.5, 0.6) is 0 Å². The third-order valence-electron chi connectivity index (χ3n) is 2.38. The minimum atomic E-state index is 0.466. The number of aryl methyl sites for hydroxylation is 1. The summed E-state index contributed by atoms with van der Waals surface area (Å²) in [5.41, 5.74) is 0. The summed E-state index contributed by atoms with van der Waals surface area (Å²) in [7, 11) is 0. The second-order valence-electron chi connectivity index (χ2n) is 3.53. The highest BCUT2D eigenvalue weighted by atomic mass is 35.5. The third-order valence-corrected chi connectivity index (χ3v) is 3.76. The summed E-state index contributed by atoms with van der Waals surface area (Å²) in [5, 5.41) is 8.02. The number of hydrogen-bond donors (Lipinski definition) is 0. The fraction of sp³-hybridized carbons (Fsp3) is 0.778. The van der Waals surface area contributed by atoms with E-state index in [9.17, 15) is 0 Å². The lowest BCUT2D eigenvalue weighted by molar-refractivity contribution is 0.478. The van der Waals surface area contributed by atoms with Crippen molar-refractivity contribution >= 4 is 29.4 Å². The van der Waals surface area contributed by atoms with Gasteiger partial charge in [0.05, 0.1) is 0 Å². The van der Waals surface area contributed by atoms with Gasteiger partial charge in [-0.1, -0.05) is 5.10 Å². The second-order valence-corrected chi connectivity index (χ2v) is 5.06. The zero-order valence-electron chi connectivity index (χ0n) is 8.65. The Kier molecular flexibility index (Phi) is 3.75. The molecule has 1 aromatic rings. The van der Waals surface area contributed by atoms with E-state index in [4.69, 9.17) is 16.0 Å². The molecule has 1 aromatic heterocycles. The van der Waals surface area contributed by atoms with Crippen LogP contribution in [0.25, 0.3) is 0 Å². The third kappa shape index (κ3) is 2.58. The number of alkyl halides is 1. The largest absolute Gasteiger partial charge is 0.408 e. The SMILES string of the molecule is CC1CSCCN1c1nnc(CCCl)o1. The quantitative estimate of drug-likeness (QED) is 0.762. The standard InChI is InChI=1S/C9H14ClN3OS/c1-7-6-15-5-4-13(7)9-12-11-8(14-9)2-3-10/h7H,2-6H2,1H3. The van der Waals surface area contributed by atoms with E-state index < -0.39 is 0 Å². The maximum absolute atomic E-state index is 5.62. The Morgan fingerprint density at radius 3 is 3.20 bits per heavy atom. The number of anilines is 1. The van der Waals surface area contributed by atoms with Crippen molar-refractivity contribution in [1.82, 2.24) is 10.2 Å². The Morgan fingerprint density at radius 1 is 1.60 bits per heavy atom. The number of nitrogens with zero attached hydrogens (tertiary/aromatic N) is 3. The van der Waals surface area contributed by atoms with E-state index in [0.29, 0.717) is 30.2 Å². The van der Waals surface area contributed by atoms with Crippen molar-refractivity contribution in [2.75, 3.05) is 28.8 Å². The number of aromatic nitrogens is 2. The fourth-order valence-corrected chi connectivity index (χ4v) is 2.73. The first-order valence-electron chi connectivity index (χ1n) is 5.04. The van der Waals surface area contributed by atoms with Crippen molar-refractivity contribution in [1.29, 1.82) is 0 Å². The highest BCUT2D eigenvalue weighted by molar-refractivity contribution is 7.99. The van der Waals surface area contributed by atoms with Crippen LogP contribution < -0.4 is 4.90 Å². The Labute approximate surface area is 98.4 Å². The molecule has 1 aliphatic heterocycles. The van der Waals surface area contributed by atoms with Crippen molar-refractivity contribution in [3.8, 4) is 0 Å². The highest BCUT2D eigenvalue weighted by Crippen LogP contribution is 2.22. The Morgan fingerprint density at radius 2 is 2.47 bits per heavy atom. The van der Waals surface area contributed by atoms with Gasteiger partial charge in [-0.2, -0.15) is 11.8 Å². The van der Waals surface area contributed by atoms with E-state index in [0.717, 1.165) is 18.1 Å². The molecule has 1 saturated heterocycles. The highest BCUT2D eigenvalue weighted by Gasteiger charge is 2.23. The second kappa shape index (κ2) is 5.07. The van der Waals surface area contributed by atoms with E-state index in [1.54, 1.807) is 0 Å². The summed E-state index contributed by atoms with van der Waals surface area (Å²) in [5.74, 6) is 3.39. The lowest BCUT2D eigenvalue weighted by atomic mass is 10.3. The normalized spacial score (nSPS) is 22.0. The molecule has 1 aliphatic rings. The minimum Gasteiger partial charge on any atom is -0.408 e. The predicted octanol–water partition coefficient (Wildman–Crippen LogP) is 1.79. The fourth-order valence-electron chi connectivity index (χ4n) is 1.55. The van der Waals surface area contributed by atoms with Crippen molar-refractivity contribution in [2.45, 2.75) is 19.4 Å². The van der Waals surface area contributed by atoms with Gasteiger partial charge in [-0.25, -0.2) is 0 Å². The summed E-state index contributed by atoms with van der Waals surface area (Å²) in [6.07, 6.45) is 0.644. The summed E-state index contributed by atoms with van der Waals surface area (Å²) in [6.45, 7) is 3.16. The Hall–Kier alpha value is -0.420. The monoisotopic (exact) mass is 247 g/mol. The molecule has 0 aromatic carbocycles. The number of rotatable bonds is 3. The molecule has 1 fully saturated rings. The zero-order valence-corrected chi connectivity index (χ0v) is 10.2. The van der Waals surface area contributed by atoms with Gasteiger partial charge >= 0.3 is 6.01 Å². The summed E-state index contributed by atoms with van der Waals surface area (Å²) < 4.78 is 5.54. The first kappa shape index (κ1) is 11.1. The van der Waals surface area contributed by atoms with Crippen LogP contribution >= 0.6 is 23.4 Å². The van der Waals surface area contributed by atoms with Gasteiger partial charge in [-0.05, 0) is 6.92 Å². The maximum atomic E-state index is 5.62. The molecule has 0 spiro atoms. The topological polar surface area (TPSA) is 42.2 Å². The van der Waals surface area contributed by atoms with Gasteiger partial charge in [-0.15, -0.1) is 16.7 Å². The maximum Gasteiger partial charge on any atom is 0.318 e. The van der Waals surface area contributed by atoms with E-state index in [1.165, 1.54) is 0 Å². The number of hydrogen-bond acceptors (Lipinski definition) is 5. The van der Waals surface area contributed by atoms with Crippen LogP contribution in [-0.2, 0) is 6.42 Å². The molecule has 0 amide bonds. The molecule has 0 saturated carbocycles. The molecule has 0 radical (unpaired) electrons. The van der Waals surface area contributed by atoms with Gasteiger partial charge in [0.2, 0.25) is 5.89 Å². The van der Waals surface area contributed by atoms with Crippen LogP contribution in [-0.4, -0.2) is 40.2 Å². The molecule has 15 heavy (non-hydrogen) atoms. The van der Waals surface area contributed by atoms with Crippen molar-refractivity contribution in [3.63, 3.8) is 0 Å². The van der Waals surface area contributed by atoms with Crippen LogP contribution in [0.15, 0.2) is 4.42 Å². The molecule has 0 aliphatic carbocycles. The van der Waals surface area contributed by atoms with Gasteiger partial charge in [0.25, 0.3) is 0 Å².